The summed E-state index contributed by atoms with van der Waals surface area (Å²) >= 11 is 0. The van der Waals surface area contributed by atoms with Crippen molar-refractivity contribution in [3.05, 3.63) is 42.0 Å². The van der Waals surface area contributed by atoms with Crippen LogP contribution in [0.2, 0.25) is 0 Å². The third kappa shape index (κ3) is 3.32. The Morgan fingerprint density at radius 2 is 2.16 bits per heavy atom. The number of nitrogens with one attached hydrogen (secondary N) is 1. The number of rotatable bonds is 3. The molecule has 1 saturated heterocycles. The summed E-state index contributed by atoms with van der Waals surface area (Å²) < 4.78 is 34.1. The SMILES string of the molecule is CC1N(C)C(=O)O[C@]12CCC[C@H](Cc1nc(-c3c[nH]c4ncc(F)cc34)ncc1F)C2. The molecule has 1 N–H and O–H groups in total. The van der Waals surface area contributed by atoms with Crippen LogP contribution in [-0.4, -0.2) is 49.6 Å². The third-order valence-electron chi connectivity index (χ3n) is 6.80. The zero-order valence-corrected chi connectivity index (χ0v) is 17.4. The van der Waals surface area contributed by atoms with Crippen molar-refractivity contribution in [2.45, 2.75) is 50.7 Å². The molecule has 7 nitrogen and oxygen atoms in total. The van der Waals surface area contributed by atoms with Gasteiger partial charge < -0.3 is 14.6 Å². The summed E-state index contributed by atoms with van der Waals surface area (Å²) in [7, 11) is 1.75. The van der Waals surface area contributed by atoms with Crippen LogP contribution in [-0.2, 0) is 11.2 Å². The Morgan fingerprint density at radius 3 is 2.94 bits per heavy atom. The van der Waals surface area contributed by atoms with Crippen LogP contribution in [0.5, 0.6) is 0 Å². The number of H-pyrrole nitrogens is 1. The topological polar surface area (TPSA) is 84.0 Å². The van der Waals surface area contributed by atoms with E-state index in [1.165, 1.54) is 6.07 Å². The van der Waals surface area contributed by atoms with E-state index in [1.54, 1.807) is 18.1 Å². The fraction of sp³-hybridized carbons (Fsp3) is 0.455. The number of hydrogen-bond donors (Lipinski definition) is 1. The van der Waals surface area contributed by atoms with Gasteiger partial charge >= 0.3 is 6.09 Å². The largest absolute Gasteiger partial charge is 0.441 e. The molecule has 4 heterocycles. The second kappa shape index (κ2) is 7.25. The highest BCUT2D eigenvalue weighted by Crippen LogP contribution is 2.44. The Hall–Kier alpha value is -3.10. The van der Waals surface area contributed by atoms with E-state index in [0.717, 1.165) is 31.7 Å². The van der Waals surface area contributed by atoms with Crippen molar-refractivity contribution >= 4 is 17.1 Å². The van der Waals surface area contributed by atoms with Crippen LogP contribution in [0.1, 0.15) is 38.3 Å². The number of hydrogen-bond acceptors (Lipinski definition) is 5. The first-order valence-corrected chi connectivity index (χ1v) is 10.5. The number of aromatic amines is 1. The highest BCUT2D eigenvalue weighted by Gasteiger charge is 2.52. The number of pyridine rings is 1. The van der Waals surface area contributed by atoms with Crippen molar-refractivity contribution in [1.82, 2.24) is 24.8 Å². The Bertz CT molecular complexity index is 1170. The summed E-state index contributed by atoms with van der Waals surface area (Å²) in [4.78, 5) is 29.3. The van der Waals surface area contributed by atoms with Crippen LogP contribution in [0, 0.1) is 17.6 Å². The molecule has 5 rings (SSSR count). The average molecular weight is 427 g/mol. The zero-order chi connectivity index (χ0) is 21.8. The fourth-order valence-electron chi connectivity index (χ4n) is 4.98. The minimum Gasteiger partial charge on any atom is -0.441 e. The number of ether oxygens (including phenoxy) is 1. The van der Waals surface area contributed by atoms with Gasteiger partial charge in [-0.25, -0.2) is 28.5 Å². The number of fused-ring (bicyclic) bond motifs is 1. The van der Waals surface area contributed by atoms with E-state index in [2.05, 4.69) is 19.9 Å². The number of aromatic nitrogens is 4. The Balaban J connectivity index is 1.42. The molecule has 1 unspecified atom stereocenters. The zero-order valence-electron chi connectivity index (χ0n) is 17.4. The van der Waals surface area contributed by atoms with E-state index in [-0.39, 0.29) is 18.1 Å². The predicted molar refractivity (Wildman–Crippen MR) is 109 cm³/mol. The monoisotopic (exact) mass is 427 g/mol. The molecule has 0 aromatic carbocycles. The maximum atomic E-state index is 14.6. The molecule has 0 radical (unpaired) electrons. The van der Waals surface area contributed by atoms with Gasteiger partial charge in [0.1, 0.15) is 17.1 Å². The van der Waals surface area contributed by atoms with Gasteiger partial charge in [0.25, 0.3) is 0 Å². The molecule has 1 spiro atoms. The summed E-state index contributed by atoms with van der Waals surface area (Å²) in [6.07, 6.45) is 7.37. The van der Waals surface area contributed by atoms with Crippen molar-refractivity contribution in [2.75, 3.05) is 7.05 Å². The van der Waals surface area contributed by atoms with E-state index in [1.807, 2.05) is 6.92 Å². The highest BCUT2D eigenvalue weighted by molar-refractivity contribution is 5.91. The molecule has 3 atom stereocenters. The first-order valence-electron chi connectivity index (χ1n) is 10.5. The standard InChI is InChI=1S/C22H23F2N5O2/c1-12-22(31-21(30)29(12)2)5-3-4-13(8-22)6-18-17(24)11-27-20(28-18)16-10-26-19-15(16)7-14(23)9-25-19/h7,9-13H,3-6,8H2,1-2H3,(H,25,26)/t12?,13-,22+/m1/s1. The van der Waals surface area contributed by atoms with Crippen molar-refractivity contribution in [3.8, 4) is 11.4 Å². The van der Waals surface area contributed by atoms with Gasteiger partial charge in [-0.05, 0) is 51.0 Å². The summed E-state index contributed by atoms with van der Waals surface area (Å²) in [5, 5.41) is 0.545. The number of carbonyl (C=O) groups excluding carboxylic acids is 1. The molecule has 2 aliphatic rings. The lowest BCUT2D eigenvalue weighted by Crippen LogP contribution is -2.46. The summed E-state index contributed by atoms with van der Waals surface area (Å²) in [5.74, 6) is -0.481. The van der Waals surface area contributed by atoms with Crippen molar-refractivity contribution in [3.63, 3.8) is 0 Å². The van der Waals surface area contributed by atoms with Gasteiger partial charge in [-0.1, -0.05) is 0 Å². The molecular weight excluding hydrogens is 404 g/mol. The van der Waals surface area contributed by atoms with E-state index in [9.17, 15) is 13.6 Å². The number of amides is 1. The quantitative estimate of drug-likeness (QED) is 0.676. The normalized spacial score (nSPS) is 26.1. The summed E-state index contributed by atoms with van der Waals surface area (Å²) in [6.45, 7) is 2.00. The lowest BCUT2D eigenvalue weighted by molar-refractivity contribution is -0.0125. The summed E-state index contributed by atoms with van der Waals surface area (Å²) in [5.41, 5.74) is 0.877. The molecule has 3 aromatic rings. The second-order valence-electron chi connectivity index (χ2n) is 8.63. The molecule has 1 amide bonds. The van der Waals surface area contributed by atoms with Crippen LogP contribution in [0.15, 0.2) is 24.7 Å². The van der Waals surface area contributed by atoms with Gasteiger partial charge in [-0.3, -0.25) is 0 Å². The number of halogens is 2. The molecule has 1 aliphatic carbocycles. The van der Waals surface area contributed by atoms with Crippen molar-refractivity contribution in [1.29, 1.82) is 0 Å². The Morgan fingerprint density at radius 1 is 1.32 bits per heavy atom. The van der Waals surface area contributed by atoms with Gasteiger partial charge in [-0.2, -0.15) is 0 Å². The molecule has 162 valence electrons. The molecule has 0 bridgehead atoms. The van der Waals surface area contributed by atoms with Gasteiger partial charge in [0.15, 0.2) is 11.6 Å². The third-order valence-corrected chi connectivity index (χ3v) is 6.80. The maximum Gasteiger partial charge on any atom is 0.410 e. The fourth-order valence-corrected chi connectivity index (χ4v) is 4.98. The minimum absolute atomic E-state index is 0.0257. The van der Waals surface area contributed by atoms with Gasteiger partial charge in [0.2, 0.25) is 0 Å². The number of nitrogens with zero attached hydrogens (tertiary/aromatic N) is 4. The summed E-state index contributed by atoms with van der Waals surface area (Å²) in [6, 6.07) is 1.33. The maximum absolute atomic E-state index is 14.6. The highest BCUT2D eigenvalue weighted by atomic mass is 19.1. The number of likely N-dealkylation sites (N-methyl/N-ethyl adjacent to an activating group) is 1. The van der Waals surface area contributed by atoms with E-state index in [4.69, 9.17) is 4.74 Å². The van der Waals surface area contributed by atoms with Gasteiger partial charge in [-0.15, -0.1) is 0 Å². The number of carbonyl (C=O) groups is 1. The van der Waals surface area contributed by atoms with Crippen LogP contribution in [0.25, 0.3) is 22.4 Å². The Kier molecular flexibility index (Phi) is 4.64. The molecule has 31 heavy (non-hydrogen) atoms. The average Bonchev–Trinajstić information content (AvgIpc) is 3.25. The van der Waals surface area contributed by atoms with Gasteiger partial charge in [0, 0.05) is 24.2 Å². The molecule has 9 heteroatoms. The van der Waals surface area contributed by atoms with E-state index in [0.29, 0.717) is 41.0 Å². The first-order chi connectivity index (χ1) is 14.9. The predicted octanol–water partition coefficient (Wildman–Crippen LogP) is 4.24. The molecular formula is C22H23F2N5O2. The van der Waals surface area contributed by atoms with E-state index >= 15 is 0 Å². The van der Waals surface area contributed by atoms with Gasteiger partial charge in [0.05, 0.1) is 24.1 Å². The first kappa shape index (κ1) is 19.8. The lowest BCUT2D eigenvalue weighted by atomic mass is 9.73. The van der Waals surface area contributed by atoms with Crippen LogP contribution < -0.4 is 0 Å². The van der Waals surface area contributed by atoms with Crippen LogP contribution in [0.3, 0.4) is 0 Å². The van der Waals surface area contributed by atoms with Crippen molar-refractivity contribution < 1.29 is 18.3 Å². The lowest BCUT2D eigenvalue weighted by Gasteiger charge is -2.39. The molecule has 2 fully saturated rings. The van der Waals surface area contributed by atoms with Crippen LogP contribution >= 0.6 is 0 Å². The molecule has 1 saturated carbocycles. The molecule has 1 aliphatic heterocycles. The Labute approximate surface area is 177 Å². The minimum atomic E-state index is -0.527. The van der Waals surface area contributed by atoms with Crippen molar-refractivity contribution in [2.24, 2.45) is 5.92 Å². The van der Waals surface area contributed by atoms with Crippen LogP contribution in [0.4, 0.5) is 13.6 Å². The molecule has 3 aromatic heterocycles. The van der Waals surface area contributed by atoms with E-state index < -0.39 is 17.2 Å². The smallest absolute Gasteiger partial charge is 0.410 e. The second-order valence-corrected chi connectivity index (χ2v) is 8.63.